The molecule has 7 nitrogen and oxygen atoms in total. The monoisotopic (exact) mass is 389 g/mol. The highest BCUT2D eigenvalue weighted by Gasteiger charge is 2.46. The minimum atomic E-state index is -2.78. The molecule has 1 saturated heterocycles. The zero-order valence-corrected chi connectivity index (χ0v) is 15.6. The van der Waals surface area contributed by atoms with E-state index in [0.29, 0.717) is 19.4 Å². The maximum absolute atomic E-state index is 12.9. The molecule has 1 aliphatic carbocycles. The smallest absolute Gasteiger partial charge is 0.252 e. The standard InChI is InChI=1S/C18H29F2N3O4/c1-2-3-6-14(24)23-13(8-11-5-4-7-21-16(11)26)15(25)17(27)22-12-9-18(19,20)10-12/h11-13,15,25H,2-10H2,1H3,(H,21,26)(H,22,27)(H,23,24)/t11-,13-,15?/m0/s1. The van der Waals surface area contributed by atoms with E-state index < -0.39 is 48.8 Å². The molecule has 9 heteroatoms. The van der Waals surface area contributed by atoms with Crippen molar-refractivity contribution in [1.29, 1.82) is 0 Å². The van der Waals surface area contributed by atoms with E-state index in [-0.39, 0.29) is 24.7 Å². The van der Waals surface area contributed by atoms with Gasteiger partial charge in [-0.25, -0.2) is 8.78 Å². The van der Waals surface area contributed by atoms with Crippen molar-refractivity contribution in [3.63, 3.8) is 0 Å². The van der Waals surface area contributed by atoms with Gasteiger partial charge in [-0.2, -0.15) is 0 Å². The van der Waals surface area contributed by atoms with Gasteiger partial charge in [-0.1, -0.05) is 13.3 Å². The highest BCUT2D eigenvalue weighted by atomic mass is 19.3. The molecule has 0 aromatic heterocycles. The van der Waals surface area contributed by atoms with E-state index in [2.05, 4.69) is 16.0 Å². The summed E-state index contributed by atoms with van der Waals surface area (Å²) in [4.78, 5) is 36.3. The molecule has 0 aromatic rings. The number of alkyl halides is 2. The van der Waals surface area contributed by atoms with Crippen LogP contribution in [-0.4, -0.2) is 53.5 Å². The number of hydrogen-bond acceptors (Lipinski definition) is 4. The summed E-state index contributed by atoms with van der Waals surface area (Å²) in [6.45, 7) is 2.52. The van der Waals surface area contributed by atoms with Crippen LogP contribution in [0.1, 0.15) is 58.3 Å². The highest BCUT2D eigenvalue weighted by molar-refractivity contribution is 5.84. The Morgan fingerprint density at radius 2 is 2.07 bits per heavy atom. The third kappa shape index (κ3) is 6.41. The number of halogens is 2. The lowest BCUT2D eigenvalue weighted by molar-refractivity contribution is -0.140. The number of amides is 3. The molecule has 3 amide bonds. The molecule has 0 radical (unpaired) electrons. The largest absolute Gasteiger partial charge is 0.381 e. The van der Waals surface area contributed by atoms with Gasteiger partial charge in [-0.15, -0.1) is 0 Å². The van der Waals surface area contributed by atoms with Crippen LogP contribution in [0.3, 0.4) is 0 Å². The van der Waals surface area contributed by atoms with Crippen molar-refractivity contribution in [3.8, 4) is 0 Å². The summed E-state index contributed by atoms with van der Waals surface area (Å²) < 4.78 is 25.9. The van der Waals surface area contributed by atoms with Crippen LogP contribution in [-0.2, 0) is 14.4 Å². The highest BCUT2D eigenvalue weighted by Crippen LogP contribution is 2.37. The maximum Gasteiger partial charge on any atom is 0.252 e. The van der Waals surface area contributed by atoms with Gasteiger partial charge >= 0.3 is 0 Å². The Morgan fingerprint density at radius 3 is 2.67 bits per heavy atom. The van der Waals surface area contributed by atoms with Crippen molar-refractivity contribution < 1.29 is 28.3 Å². The zero-order chi connectivity index (χ0) is 20.0. The van der Waals surface area contributed by atoms with Crippen molar-refractivity contribution in [2.75, 3.05) is 6.54 Å². The first-order chi connectivity index (χ1) is 12.7. The number of carbonyl (C=O) groups excluding carboxylic acids is 3. The lowest BCUT2D eigenvalue weighted by Crippen LogP contribution is -2.57. The van der Waals surface area contributed by atoms with Crippen LogP contribution in [0.5, 0.6) is 0 Å². The molecule has 3 atom stereocenters. The van der Waals surface area contributed by atoms with Gasteiger partial charge in [0.05, 0.1) is 6.04 Å². The third-order valence-electron chi connectivity index (χ3n) is 5.13. The van der Waals surface area contributed by atoms with E-state index in [1.54, 1.807) is 0 Å². The van der Waals surface area contributed by atoms with Crippen molar-refractivity contribution in [2.45, 2.75) is 82.4 Å². The van der Waals surface area contributed by atoms with Gasteiger partial charge in [0.15, 0.2) is 6.10 Å². The van der Waals surface area contributed by atoms with Crippen molar-refractivity contribution in [1.82, 2.24) is 16.0 Å². The van der Waals surface area contributed by atoms with Crippen LogP contribution < -0.4 is 16.0 Å². The molecule has 2 fully saturated rings. The summed E-state index contributed by atoms with van der Waals surface area (Å²) in [5.74, 6) is -4.46. The second kappa shape index (κ2) is 9.43. The van der Waals surface area contributed by atoms with Crippen molar-refractivity contribution in [2.24, 2.45) is 5.92 Å². The number of aliphatic hydroxyl groups excluding tert-OH is 1. The van der Waals surface area contributed by atoms with Crippen LogP contribution in [0.4, 0.5) is 8.78 Å². The zero-order valence-electron chi connectivity index (χ0n) is 15.6. The number of carbonyl (C=O) groups is 3. The summed E-state index contributed by atoms with van der Waals surface area (Å²) in [6, 6.07) is -1.62. The molecule has 1 unspecified atom stereocenters. The maximum atomic E-state index is 12.9. The molecule has 1 aliphatic heterocycles. The van der Waals surface area contributed by atoms with Crippen molar-refractivity contribution >= 4 is 17.7 Å². The molecule has 1 saturated carbocycles. The molecule has 1 heterocycles. The molecular formula is C18H29F2N3O4. The van der Waals surface area contributed by atoms with E-state index in [1.165, 1.54) is 0 Å². The summed E-state index contributed by atoms with van der Waals surface area (Å²) in [5, 5.41) is 18.2. The molecule has 0 bridgehead atoms. The van der Waals surface area contributed by atoms with Gasteiger partial charge < -0.3 is 21.1 Å². The van der Waals surface area contributed by atoms with Gasteiger partial charge in [0.1, 0.15) is 0 Å². The Hall–Kier alpha value is -1.77. The van der Waals surface area contributed by atoms with Gasteiger partial charge in [0, 0.05) is 37.8 Å². The molecule has 27 heavy (non-hydrogen) atoms. The first kappa shape index (κ1) is 21.5. The Morgan fingerprint density at radius 1 is 1.37 bits per heavy atom. The fourth-order valence-electron chi connectivity index (χ4n) is 3.48. The fraction of sp³-hybridized carbons (Fsp3) is 0.833. The Kier molecular flexibility index (Phi) is 7.52. The predicted molar refractivity (Wildman–Crippen MR) is 93.9 cm³/mol. The van der Waals surface area contributed by atoms with E-state index in [1.807, 2.05) is 6.92 Å². The molecule has 2 rings (SSSR count). The molecule has 0 aromatic carbocycles. The predicted octanol–water partition coefficient (Wildman–Crippen LogP) is 0.853. The molecular weight excluding hydrogens is 360 g/mol. The summed E-state index contributed by atoms with van der Waals surface area (Å²) in [7, 11) is 0. The van der Waals surface area contributed by atoms with Crippen LogP contribution in [0.2, 0.25) is 0 Å². The van der Waals surface area contributed by atoms with E-state index in [0.717, 1.165) is 12.8 Å². The molecule has 4 N–H and O–H groups in total. The van der Waals surface area contributed by atoms with Crippen molar-refractivity contribution in [3.05, 3.63) is 0 Å². The lowest BCUT2D eigenvalue weighted by Gasteiger charge is -2.36. The Bertz CT molecular complexity index is 551. The number of hydrogen-bond donors (Lipinski definition) is 4. The topological polar surface area (TPSA) is 108 Å². The summed E-state index contributed by atoms with van der Waals surface area (Å²) in [5.41, 5.74) is 0. The number of aliphatic hydroxyl groups is 1. The summed E-state index contributed by atoms with van der Waals surface area (Å²) in [6.07, 6.45) is 0.756. The molecule has 154 valence electrons. The minimum absolute atomic E-state index is 0.124. The number of rotatable bonds is 9. The van der Waals surface area contributed by atoms with Crippen LogP contribution in [0, 0.1) is 5.92 Å². The average Bonchev–Trinajstić information content (AvgIpc) is 2.58. The molecule has 0 spiro atoms. The molecule has 2 aliphatic rings. The number of unbranched alkanes of at least 4 members (excludes halogenated alkanes) is 1. The van der Waals surface area contributed by atoms with E-state index in [9.17, 15) is 28.3 Å². The second-order valence-corrected chi connectivity index (χ2v) is 7.56. The van der Waals surface area contributed by atoms with E-state index in [4.69, 9.17) is 0 Å². The van der Waals surface area contributed by atoms with E-state index >= 15 is 0 Å². The quantitative estimate of drug-likeness (QED) is 0.469. The van der Waals surface area contributed by atoms with Crippen LogP contribution in [0.15, 0.2) is 0 Å². The Balaban J connectivity index is 1.97. The normalized spacial score (nSPS) is 24.3. The first-order valence-corrected chi connectivity index (χ1v) is 9.65. The second-order valence-electron chi connectivity index (χ2n) is 7.56. The van der Waals surface area contributed by atoms with Gasteiger partial charge in [0.2, 0.25) is 11.8 Å². The number of nitrogens with one attached hydrogen (secondary N) is 3. The van der Waals surface area contributed by atoms with Gasteiger partial charge in [-0.3, -0.25) is 14.4 Å². The van der Waals surface area contributed by atoms with Crippen LogP contribution in [0.25, 0.3) is 0 Å². The first-order valence-electron chi connectivity index (χ1n) is 9.65. The SMILES string of the molecule is CCCCC(=O)N[C@@H](C[C@@H]1CCCNC1=O)C(O)C(=O)NC1CC(F)(F)C1. The fourth-order valence-corrected chi connectivity index (χ4v) is 3.48. The average molecular weight is 389 g/mol. The number of piperidine rings is 1. The van der Waals surface area contributed by atoms with Crippen LogP contribution >= 0.6 is 0 Å². The van der Waals surface area contributed by atoms with Gasteiger partial charge in [-0.05, 0) is 25.7 Å². The third-order valence-corrected chi connectivity index (χ3v) is 5.13. The summed E-state index contributed by atoms with van der Waals surface area (Å²) >= 11 is 0. The lowest BCUT2D eigenvalue weighted by atomic mass is 9.87. The minimum Gasteiger partial charge on any atom is -0.381 e. The Labute approximate surface area is 157 Å². The van der Waals surface area contributed by atoms with Gasteiger partial charge in [0.25, 0.3) is 11.8 Å².